The maximum Gasteiger partial charge on any atom is 0.229 e. The number of anilines is 2. The molecule has 0 atom stereocenters. The normalized spacial score (nSPS) is 19.3. The van der Waals surface area contributed by atoms with E-state index < -0.39 is 0 Å². The number of aromatic nitrogens is 1. The van der Waals surface area contributed by atoms with Crippen molar-refractivity contribution in [2.45, 2.75) is 38.5 Å². The van der Waals surface area contributed by atoms with Crippen molar-refractivity contribution in [2.24, 2.45) is 0 Å². The van der Waals surface area contributed by atoms with Crippen molar-refractivity contribution < 1.29 is 4.74 Å². The smallest absolute Gasteiger partial charge is 0.229 e. The molecule has 1 aromatic carbocycles. The van der Waals surface area contributed by atoms with Crippen LogP contribution in [0.5, 0.6) is 5.75 Å². The van der Waals surface area contributed by atoms with Crippen molar-refractivity contribution in [3.63, 3.8) is 0 Å². The molecule has 0 bridgehead atoms. The third-order valence-electron chi connectivity index (χ3n) is 7.12. The second kappa shape index (κ2) is 7.97. The maximum absolute atomic E-state index is 5.80. The van der Waals surface area contributed by atoms with Gasteiger partial charge in [0.1, 0.15) is 18.8 Å². The summed E-state index contributed by atoms with van der Waals surface area (Å²) in [7, 11) is 1.78. The molecular formula is C25H31N4OS+. The number of nitrogens with zero attached hydrogens (tertiary/aromatic N) is 4. The van der Waals surface area contributed by atoms with Crippen LogP contribution in [0.2, 0.25) is 0 Å². The van der Waals surface area contributed by atoms with Crippen molar-refractivity contribution in [2.75, 3.05) is 56.2 Å². The fourth-order valence-corrected chi connectivity index (χ4v) is 6.48. The molecule has 1 aromatic rings. The lowest BCUT2D eigenvalue weighted by Crippen LogP contribution is -2.31. The van der Waals surface area contributed by atoms with Crippen molar-refractivity contribution >= 4 is 32.9 Å². The van der Waals surface area contributed by atoms with E-state index in [4.69, 9.17) is 9.72 Å². The zero-order valence-electron chi connectivity index (χ0n) is 18.4. The molecule has 3 saturated heterocycles. The lowest BCUT2D eigenvalue weighted by molar-refractivity contribution is 0.415. The summed E-state index contributed by atoms with van der Waals surface area (Å²) in [5, 5.41) is 1.32. The topological polar surface area (TPSA) is 31.6 Å². The molecule has 0 spiro atoms. The first-order chi connectivity index (χ1) is 15.3. The van der Waals surface area contributed by atoms with E-state index in [9.17, 15) is 0 Å². The van der Waals surface area contributed by atoms with E-state index in [-0.39, 0.29) is 0 Å². The van der Waals surface area contributed by atoms with Crippen LogP contribution in [0.4, 0.5) is 11.4 Å². The van der Waals surface area contributed by atoms with E-state index >= 15 is 0 Å². The summed E-state index contributed by atoms with van der Waals surface area (Å²) in [5.41, 5.74) is 4.79. The fourth-order valence-electron chi connectivity index (χ4n) is 5.44. The highest BCUT2D eigenvalue weighted by atomic mass is 32.1. The molecule has 4 aliphatic heterocycles. The van der Waals surface area contributed by atoms with Gasteiger partial charge in [0.25, 0.3) is 0 Å². The van der Waals surface area contributed by atoms with Crippen LogP contribution < -0.4 is 24.5 Å². The molecule has 5 nitrogen and oxygen atoms in total. The van der Waals surface area contributed by atoms with Crippen LogP contribution in [0, 0.1) is 0 Å². The zero-order valence-corrected chi connectivity index (χ0v) is 19.2. The Morgan fingerprint density at radius 1 is 0.871 bits per heavy atom. The van der Waals surface area contributed by atoms with E-state index in [1.807, 2.05) is 11.3 Å². The number of ether oxygens (including phenoxy) is 1. The lowest BCUT2D eigenvalue weighted by atomic mass is 10.2. The average molecular weight is 436 g/mol. The lowest BCUT2D eigenvalue weighted by Gasteiger charge is -2.22. The monoisotopic (exact) mass is 435 g/mol. The first-order valence-corrected chi connectivity index (χ1v) is 12.7. The zero-order chi connectivity index (χ0) is 20.8. The minimum absolute atomic E-state index is 0.949. The Kier molecular flexibility index (Phi) is 4.98. The summed E-state index contributed by atoms with van der Waals surface area (Å²) in [6, 6.07) is 9.26. The van der Waals surface area contributed by atoms with E-state index in [1.165, 1.54) is 77.9 Å². The Labute approximate surface area is 187 Å². The second-order valence-electron chi connectivity index (χ2n) is 9.10. The van der Waals surface area contributed by atoms with Gasteiger partial charge in [-0.25, -0.2) is 9.56 Å². The molecule has 6 rings (SSSR count). The molecule has 0 unspecified atom stereocenters. The van der Waals surface area contributed by atoms with Gasteiger partial charge in [-0.3, -0.25) is 0 Å². The molecule has 0 aromatic heterocycles. The molecule has 3 fully saturated rings. The van der Waals surface area contributed by atoms with Crippen LogP contribution in [0.3, 0.4) is 0 Å². The van der Waals surface area contributed by atoms with E-state index in [1.54, 1.807) is 7.11 Å². The van der Waals surface area contributed by atoms with Gasteiger partial charge in [-0.05, 0) is 37.8 Å². The molecule has 4 heterocycles. The van der Waals surface area contributed by atoms with Crippen LogP contribution >= 0.6 is 11.3 Å². The van der Waals surface area contributed by atoms with Crippen LogP contribution in [-0.4, -0.2) is 51.4 Å². The Hall–Kier alpha value is -2.34. The number of methoxy groups -OCH3 is 1. The number of fused-ring (bicyclic) bond motifs is 2. The summed E-state index contributed by atoms with van der Waals surface area (Å²) in [6.07, 6.45) is 7.68. The third-order valence-corrected chi connectivity index (χ3v) is 8.19. The Morgan fingerprint density at radius 2 is 1.58 bits per heavy atom. The number of benzene rings is 2. The van der Waals surface area contributed by atoms with E-state index in [2.05, 4.69) is 38.6 Å². The predicted molar refractivity (Wildman–Crippen MR) is 130 cm³/mol. The first kappa shape index (κ1) is 19.4. The average Bonchev–Trinajstić information content (AvgIpc) is 3.59. The van der Waals surface area contributed by atoms with Gasteiger partial charge >= 0.3 is 0 Å². The summed E-state index contributed by atoms with van der Waals surface area (Å²) >= 11 is 1.89. The van der Waals surface area contributed by atoms with Crippen LogP contribution in [0.15, 0.2) is 24.3 Å². The van der Waals surface area contributed by atoms with Crippen molar-refractivity contribution in [3.8, 4) is 16.3 Å². The molecular weight excluding hydrogens is 404 g/mol. The standard InChI is InChI=1S/C25H31N4OS/c1-30-22-16-19-23(17-20(22)28-10-4-5-11-28)31-24-15-18(27-8-2-3-9-27)14-21(25(24)26-19)29-12-6-7-13-29/h14-17H,2-13H2,1H3/q+1. The van der Waals surface area contributed by atoms with Gasteiger partial charge in [-0.2, -0.15) is 0 Å². The van der Waals surface area contributed by atoms with E-state index in [0.29, 0.717) is 0 Å². The minimum atomic E-state index is 0.949. The van der Waals surface area contributed by atoms with Crippen LogP contribution in [0.1, 0.15) is 38.5 Å². The van der Waals surface area contributed by atoms with Gasteiger partial charge in [-0.15, -0.1) is 11.3 Å². The second-order valence-corrected chi connectivity index (χ2v) is 10.2. The SMILES string of the molecule is COc1cc2nc3c(=[N+]4CCCC4)cc(N4CCCC4)cc-3sc2cc1N1CCCC1. The van der Waals surface area contributed by atoms with Crippen LogP contribution in [-0.2, 0) is 0 Å². The molecule has 0 radical (unpaired) electrons. The molecule has 162 valence electrons. The van der Waals surface area contributed by atoms with E-state index in [0.717, 1.165) is 43.1 Å². The molecule has 0 N–H and O–H groups in total. The maximum atomic E-state index is 5.80. The van der Waals surface area contributed by atoms with Gasteiger partial charge in [0.05, 0.1) is 27.9 Å². The van der Waals surface area contributed by atoms with Crippen molar-refractivity contribution in [1.29, 1.82) is 0 Å². The van der Waals surface area contributed by atoms with Gasteiger partial charge < -0.3 is 14.5 Å². The summed E-state index contributed by atoms with van der Waals surface area (Å²) in [5.74, 6) is 0.949. The quantitative estimate of drug-likeness (QED) is 0.456. The van der Waals surface area contributed by atoms with Gasteiger partial charge in [0.15, 0.2) is 5.69 Å². The van der Waals surface area contributed by atoms with Crippen molar-refractivity contribution in [1.82, 2.24) is 9.56 Å². The largest absolute Gasteiger partial charge is 0.495 e. The highest BCUT2D eigenvalue weighted by Crippen LogP contribution is 2.39. The Morgan fingerprint density at radius 3 is 2.29 bits per heavy atom. The molecule has 0 saturated carbocycles. The minimum Gasteiger partial charge on any atom is -0.495 e. The summed E-state index contributed by atoms with van der Waals surface area (Å²) in [4.78, 5) is 11.5. The number of rotatable bonds is 3. The summed E-state index contributed by atoms with van der Waals surface area (Å²) < 4.78 is 9.60. The third kappa shape index (κ3) is 3.45. The Balaban J connectivity index is 1.59. The molecule has 6 heteroatoms. The Bertz CT molecular complexity index is 1150. The fraction of sp³-hybridized carbons (Fsp3) is 0.520. The highest BCUT2D eigenvalue weighted by molar-refractivity contribution is 7.21. The number of hydrogen-bond acceptors (Lipinski definition) is 5. The first-order valence-electron chi connectivity index (χ1n) is 11.8. The molecule has 5 aliphatic rings. The van der Waals surface area contributed by atoms with Gasteiger partial charge in [0.2, 0.25) is 5.36 Å². The molecule has 31 heavy (non-hydrogen) atoms. The highest BCUT2D eigenvalue weighted by Gasteiger charge is 2.25. The van der Waals surface area contributed by atoms with Crippen molar-refractivity contribution in [3.05, 3.63) is 29.6 Å². The van der Waals surface area contributed by atoms with Gasteiger partial charge in [-0.1, -0.05) is 0 Å². The predicted octanol–water partition coefficient (Wildman–Crippen LogP) is 4.18. The van der Waals surface area contributed by atoms with Crippen LogP contribution in [0.25, 0.3) is 20.8 Å². The number of hydrogen-bond donors (Lipinski definition) is 0. The van der Waals surface area contributed by atoms with Gasteiger partial charge in [0, 0.05) is 56.8 Å². The molecule has 0 amide bonds. The molecule has 1 aliphatic carbocycles. The summed E-state index contributed by atoms with van der Waals surface area (Å²) in [6.45, 7) is 6.86.